The molecular formula is C20H17F5O6. The summed E-state index contributed by atoms with van der Waals surface area (Å²) >= 11 is 0. The van der Waals surface area contributed by atoms with Crippen molar-refractivity contribution in [3.63, 3.8) is 0 Å². The standard InChI is InChI=1S/C20H17F5O6/c1-19(8-27-9-19)10-28-11-29-13-4-2-12(3-5-13)18(26)30-14-6-15(21)17(16(22)7-14)31-20(23,24)25/h2-7H,8-11H2,1H3. The number of alkyl halides is 3. The van der Waals surface area contributed by atoms with Crippen LogP contribution in [0.15, 0.2) is 36.4 Å². The number of benzene rings is 2. The number of esters is 1. The van der Waals surface area contributed by atoms with Gasteiger partial charge in [-0.3, -0.25) is 0 Å². The summed E-state index contributed by atoms with van der Waals surface area (Å²) in [6, 6.07) is 6.40. The van der Waals surface area contributed by atoms with Gasteiger partial charge in [-0.05, 0) is 24.3 Å². The van der Waals surface area contributed by atoms with Gasteiger partial charge in [-0.1, -0.05) is 6.92 Å². The van der Waals surface area contributed by atoms with Gasteiger partial charge in [0.2, 0.25) is 5.75 Å². The number of hydrogen-bond acceptors (Lipinski definition) is 6. The van der Waals surface area contributed by atoms with Gasteiger partial charge in [-0.25, -0.2) is 13.6 Å². The quantitative estimate of drug-likeness (QED) is 0.195. The number of ether oxygens (including phenoxy) is 5. The van der Waals surface area contributed by atoms with Crippen molar-refractivity contribution in [1.29, 1.82) is 0 Å². The normalized spacial score (nSPS) is 15.2. The number of carbonyl (C=O) groups is 1. The molecule has 0 N–H and O–H groups in total. The van der Waals surface area contributed by atoms with E-state index in [0.29, 0.717) is 37.7 Å². The maximum Gasteiger partial charge on any atom is 0.573 e. The first kappa shape index (κ1) is 22.8. The van der Waals surface area contributed by atoms with E-state index >= 15 is 0 Å². The average Bonchev–Trinajstić information content (AvgIpc) is 2.66. The van der Waals surface area contributed by atoms with Gasteiger partial charge < -0.3 is 23.7 Å². The van der Waals surface area contributed by atoms with Crippen molar-refractivity contribution in [1.82, 2.24) is 0 Å². The van der Waals surface area contributed by atoms with Crippen LogP contribution in [-0.2, 0) is 9.47 Å². The molecule has 168 valence electrons. The predicted molar refractivity (Wildman–Crippen MR) is 94.8 cm³/mol. The molecule has 0 aromatic heterocycles. The molecule has 0 amide bonds. The van der Waals surface area contributed by atoms with E-state index in [-0.39, 0.29) is 17.8 Å². The minimum atomic E-state index is -5.28. The van der Waals surface area contributed by atoms with Crippen LogP contribution < -0.4 is 14.2 Å². The number of hydrogen-bond donors (Lipinski definition) is 0. The molecule has 2 aromatic carbocycles. The van der Waals surface area contributed by atoms with Gasteiger partial charge in [-0.2, -0.15) is 0 Å². The van der Waals surface area contributed by atoms with E-state index in [1.54, 1.807) is 0 Å². The summed E-state index contributed by atoms with van der Waals surface area (Å²) < 4.78 is 87.9. The summed E-state index contributed by atoms with van der Waals surface area (Å²) in [5.41, 5.74) is -0.00340. The van der Waals surface area contributed by atoms with Gasteiger partial charge in [0.25, 0.3) is 0 Å². The van der Waals surface area contributed by atoms with E-state index in [1.165, 1.54) is 24.3 Å². The summed E-state index contributed by atoms with van der Waals surface area (Å²) in [6.07, 6.45) is -5.28. The molecule has 0 saturated carbocycles. The first-order chi connectivity index (χ1) is 14.5. The Labute approximate surface area is 173 Å². The molecule has 1 fully saturated rings. The Bertz CT molecular complexity index is 902. The van der Waals surface area contributed by atoms with Crippen LogP contribution in [0.3, 0.4) is 0 Å². The minimum Gasteiger partial charge on any atom is -0.468 e. The highest BCUT2D eigenvalue weighted by atomic mass is 19.4. The van der Waals surface area contributed by atoms with Crippen molar-refractivity contribution in [3.8, 4) is 17.2 Å². The average molecular weight is 448 g/mol. The van der Waals surface area contributed by atoms with Gasteiger partial charge in [0.1, 0.15) is 11.5 Å². The molecule has 0 unspecified atom stereocenters. The van der Waals surface area contributed by atoms with Gasteiger partial charge >= 0.3 is 12.3 Å². The molecule has 11 heteroatoms. The lowest BCUT2D eigenvalue weighted by atomic mass is 9.90. The molecule has 1 heterocycles. The zero-order chi connectivity index (χ0) is 22.6. The van der Waals surface area contributed by atoms with Crippen molar-refractivity contribution in [2.75, 3.05) is 26.6 Å². The van der Waals surface area contributed by atoms with Crippen LogP contribution in [0.4, 0.5) is 22.0 Å². The lowest BCUT2D eigenvalue weighted by molar-refractivity contribution is -0.276. The topological polar surface area (TPSA) is 63.2 Å². The zero-order valence-electron chi connectivity index (χ0n) is 16.1. The third kappa shape index (κ3) is 6.28. The van der Waals surface area contributed by atoms with E-state index in [0.717, 1.165) is 0 Å². The number of rotatable bonds is 8. The molecule has 1 aliphatic rings. The van der Waals surface area contributed by atoms with E-state index < -0.39 is 35.5 Å². The Kier molecular flexibility index (Phi) is 6.65. The smallest absolute Gasteiger partial charge is 0.468 e. The lowest BCUT2D eigenvalue weighted by Crippen LogP contribution is -2.43. The van der Waals surface area contributed by atoms with Crippen molar-refractivity contribution < 1.29 is 50.4 Å². The van der Waals surface area contributed by atoms with Crippen LogP contribution in [0.5, 0.6) is 17.2 Å². The van der Waals surface area contributed by atoms with E-state index in [1.807, 2.05) is 6.92 Å². The Hall–Kier alpha value is -2.92. The van der Waals surface area contributed by atoms with Crippen LogP contribution in [0.25, 0.3) is 0 Å². The van der Waals surface area contributed by atoms with Crippen molar-refractivity contribution in [3.05, 3.63) is 53.6 Å². The molecule has 6 nitrogen and oxygen atoms in total. The highest BCUT2D eigenvalue weighted by molar-refractivity contribution is 5.91. The Morgan fingerprint density at radius 1 is 1.06 bits per heavy atom. The second-order valence-electron chi connectivity index (χ2n) is 7.09. The molecule has 3 rings (SSSR count). The second-order valence-corrected chi connectivity index (χ2v) is 7.09. The van der Waals surface area contributed by atoms with Crippen molar-refractivity contribution in [2.24, 2.45) is 5.41 Å². The van der Waals surface area contributed by atoms with E-state index in [4.69, 9.17) is 18.9 Å². The third-order valence-corrected chi connectivity index (χ3v) is 4.15. The molecule has 1 saturated heterocycles. The fourth-order valence-corrected chi connectivity index (χ4v) is 2.59. The molecule has 1 aliphatic heterocycles. The van der Waals surface area contributed by atoms with Crippen molar-refractivity contribution in [2.45, 2.75) is 13.3 Å². The van der Waals surface area contributed by atoms with Crippen molar-refractivity contribution >= 4 is 5.97 Å². The Morgan fingerprint density at radius 2 is 1.68 bits per heavy atom. The first-order valence-electron chi connectivity index (χ1n) is 8.90. The molecule has 0 spiro atoms. The zero-order valence-corrected chi connectivity index (χ0v) is 16.1. The molecule has 0 bridgehead atoms. The van der Waals surface area contributed by atoms with E-state index in [2.05, 4.69) is 4.74 Å². The predicted octanol–water partition coefficient (Wildman–Crippen LogP) is 4.47. The molecule has 0 radical (unpaired) electrons. The molecular weight excluding hydrogens is 431 g/mol. The Balaban J connectivity index is 1.54. The minimum absolute atomic E-state index is 0.00964. The summed E-state index contributed by atoms with van der Waals surface area (Å²) in [7, 11) is 0. The highest BCUT2D eigenvalue weighted by Gasteiger charge is 2.35. The fourth-order valence-electron chi connectivity index (χ4n) is 2.59. The maximum atomic E-state index is 13.7. The van der Waals surface area contributed by atoms with Crippen LogP contribution in [-0.4, -0.2) is 38.9 Å². The number of carbonyl (C=O) groups excluding carboxylic acids is 1. The molecule has 0 aliphatic carbocycles. The van der Waals surface area contributed by atoms with Gasteiger partial charge in [-0.15, -0.1) is 13.2 Å². The summed E-state index contributed by atoms with van der Waals surface area (Å²) in [6.45, 7) is 3.72. The van der Waals surface area contributed by atoms with Gasteiger partial charge in [0.15, 0.2) is 18.4 Å². The fraction of sp³-hybridized carbons (Fsp3) is 0.350. The number of halogens is 5. The second kappa shape index (κ2) is 9.06. The SMILES string of the molecule is CC1(COCOc2ccc(C(=O)Oc3cc(F)c(OC(F)(F)F)c(F)c3)cc2)COC1. The third-order valence-electron chi connectivity index (χ3n) is 4.15. The molecule has 0 atom stereocenters. The van der Waals surface area contributed by atoms with Crippen LogP contribution in [0.1, 0.15) is 17.3 Å². The Morgan fingerprint density at radius 3 is 2.19 bits per heavy atom. The monoisotopic (exact) mass is 448 g/mol. The highest BCUT2D eigenvalue weighted by Crippen LogP contribution is 2.32. The summed E-state index contributed by atoms with van der Waals surface area (Å²) in [4.78, 5) is 12.1. The molecule has 31 heavy (non-hydrogen) atoms. The van der Waals surface area contributed by atoms with Crippen LogP contribution >= 0.6 is 0 Å². The maximum absolute atomic E-state index is 13.7. The van der Waals surface area contributed by atoms with Crippen LogP contribution in [0.2, 0.25) is 0 Å². The lowest BCUT2D eigenvalue weighted by Gasteiger charge is -2.37. The van der Waals surface area contributed by atoms with Gasteiger partial charge in [0, 0.05) is 17.5 Å². The van der Waals surface area contributed by atoms with Crippen LogP contribution in [0, 0.1) is 17.0 Å². The largest absolute Gasteiger partial charge is 0.573 e. The van der Waals surface area contributed by atoms with E-state index in [9.17, 15) is 26.7 Å². The molecule has 2 aromatic rings. The summed E-state index contributed by atoms with van der Waals surface area (Å²) in [5.74, 6) is -6.20. The summed E-state index contributed by atoms with van der Waals surface area (Å²) in [5, 5.41) is 0. The first-order valence-corrected chi connectivity index (χ1v) is 8.90. The van der Waals surface area contributed by atoms with Gasteiger partial charge in [0.05, 0.1) is 25.4 Å².